The second-order valence-electron chi connectivity index (χ2n) is 5.53. The Morgan fingerprint density at radius 3 is 2.52 bits per heavy atom. The first-order valence-electron chi connectivity index (χ1n) is 7.16. The number of hydrogen-bond acceptors (Lipinski definition) is 3. The molecule has 0 saturated carbocycles. The summed E-state index contributed by atoms with van der Waals surface area (Å²) in [7, 11) is 0. The van der Waals surface area contributed by atoms with Crippen LogP contribution in [-0.4, -0.2) is 10.0 Å². The Morgan fingerprint density at radius 2 is 1.81 bits per heavy atom. The van der Waals surface area contributed by atoms with Gasteiger partial charge in [0.15, 0.2) is 0 Å². The summed E-state index contributed by atoms with van der Waals surface area (Å²) in [5.41, 5.74) is 4.63. The van der Waals surface area contributed by atoms with Gasteiger partial charge in [-0.05, 0) is 41.5 Å². The summed E-state index contributed by atoms with van der Waals surface area (Å²) in [4.78, 5) is 10.2. The van der Waals surface area contributed by atoms with E-state index in [-0.39, 0.29) is 5.69 Å². The highest BCUT2D eigenvalue weighted by Gasteiger charge is 2.15. The Morgan fingerprint density at radius 1 is 1.10 bits per heavy atom. The minimum atomic E-state index is -0.572. The number of benzene rings is 2. The molecule has 0 spiro atoms. The highest BCUT2D eigenvalue weighted by molar-refractivity contribution is 5.37. The molecule has 0 aliphatic heterocycles. The van der Waals surface area contributed by atoms with Crippen molar-refractivity contribution in [3.63, 3.8) is 0 Å². The summed E-state index contributed by atoms with van der Waals surface area (Å²) in [5, 5.41) is 21.0. The van der Waals surface area contributed by atoms with Crippen LogP contribution in [0.15, 0.2) is 42.5 Å². The Hall–Kier alpha value is -2.20. The van der Waals surface area contributed by atoms with Crippen molar-refractivity contribution < 1.29 is 10.0 Å². The van der Waals surface area contributed by atoms with Crippen molar-refractivity contribution in [1.82, 2.24) is 0 Å². The van der Waals surface area contributed by atoms with Crippen LogP contribution in [0, 0.1) is 10.1 Å². The molecule has 4 nitrogen and oxygen atoms in total. The Kier molecular flexibility index (Phi) is 3.71. The van der Waals surface area contributed by atoms with E-state index in [1.165, 1.54) is 29.7 Å². The van der Waals surface area contributed by atoms with Crippen LogP contribution in [-0.2, 0) is 19.3 Å². The van der Waals surface area contributed by atoms with Gasteiger partial charge < -0.3 is 5.11 Å². The SMILES string of the molecule is O=[N+]([O-])c1ccc(CC(O)c2ccc3c(c2)CCC3)cc1. The van der Waals surface area contributed by atoms with E-state index in [0.717, 1.165) is 24.0 Å². The number of hydrogen-bond donors (Lipinski definition) is 1. The van der Waals surface area contributed by atoms with Gasteiger partial charge in [-0.3, -0.25) is 10.1 Å². The maximum absolute atomic E-state index is 10.6. The number of nitrogens with zero attached hydrogens (tertiary/aromatic N) is 1. The van der Waals surface area contributed by atoms with Gasteiger partial charge in [-0.2, -0.15) is 0 Å². The van der Waals surface area contributed by atoms with Crippen molar-refractivity contribution in [1.29, 1.82) is 0 Å². The Balaban J connectivity index is 1.73. The molecule has 0 aromatic heterocycles. The minimum Gasteiger partial charge on any atom is -0.388 e. The number of aliphatic hydroxyl groups is 1. The van der Waals surface area contributed by atoms with Gasteiger partial charge in [-0.1, -0.05) is 30.3 Å². The minimum absolute atomic E-state index is 0.0748. The molecule has 3 rings (SSSR count). The Labute approximate surface area is 123 Å². The lowest BCUT2D eigenvalue weighted by atomic mass is 9.98. The zero-order valence-corrected chi connectivity index (χ0v) is 11.7. The summed E-state index contributed by atoms with van der Waals surface area (Å²) in [5.74, 6) is 0. The first kappa shape index (κ1) is 13.8. The van der Waals surface area contributed by atoms with Gasteiger partial charge in [0.1, 0.15) is 0 Å². The third-order valence-corrected chi connectivity index (χ3v) is 4.08. The normalized spacial score (nSPS) is 14.7. The number of nitro benzene ring substituents is 1. The lowest BCUT2D eigenvalue weighted by molar-refractivity contribution is -0.384. The highest BCUT2D eigenvalue weighted by atomic mass is 16.6. The molecule has 0 radical (unpaired) electrons. The van der Waals surface area contributed by atoms with Crippen LogP contribution in [0.25, 0.3) is 0 Å². The number of nitro groups is 1. The molecule has 1 unspecified atom stereocenters. The van der Waals surface area contributed by atoms with E-state index in [1.54, 1.807) is 12.1 Å². The molecule has 0 saturated heterocycles. The predicted octanol–water partition coefficient (Wildman–Crippen LogP) is 3.36. The Bertz CT molecular complexity index is 664. The summed E-state index contributed by atoms with van der Waals surface area (Å²) >= 11 is 0. The number of aliphatic hydroxyl groups excluding tert-OH is 1. The first-order chi connectivity index (χ1) is 10.1. The van der Waals surface area contributed by atoms with E-state index in [2.05, 4.69) is 12.1 Å². The fourth-order valence-electron chi connectivity index (χ4n) is 2.89. The molecule has 0 bridgehead atoms. The molecule has 4 heteroatoms. The fraction of sp³-hybridized carbons (Fsp3) is 0.294. The van der Waals surface area contributed by atoms with Crippen molar-refractivity contribution in [2.75, 3.05) is 0 Å². The van der Waals surface area contributed by atoms with Crippen LogP contribution in [0.4, 0.5) is 5.69 Å². The molecule has 0 fully saturated rings. The van der Waals surface area contributed by atoms with Gasteiger partial charge in [-0.15, -0.1) is 0 Å². The van der Waals surface area contributed by atoms with Crippen LogP contribution in [0.3, 0.4) is 0 Å². The van der Waals surface area contributed by atoms with Gasteiger partial charge in [0, 0.05) is 18.6 Å². The largest absolute Gasteiger partial charge is 0.388 e. The molecule has 1 atom stereocenters. The quantitative estimate of drug-likeness (QED) is 0.691. The summed E-state index contributed by atoms with van der Waals surface area (Å²) < 4.78 is 0. The molecule has 21 heavy (non-hydrogen) atoms. The van der Waals surface area contributed by atoms with E-state index in [9.17, 15) is 15.2 Å². The molecule has 2 aromatic rings. The summed E-state index contributed by atoms with van der Waals surface area (Å²) in [6, 6.07) is 12.5. The smallest absolute Gasteiger partial charge is 0.269 e. The van der Waals surface area contributed by atoms with E-state index in [4.69, 9.17) is 0 Å². The van der Waals surface area contributed by atoms with Gasteiger partial charge in [0.05, 0.1) is 11.0 Å². The predicted molar refractivity (Wildman–Crippen MR) is 80.2 cm³/mol. The van der Waals surface area contributed by atoms with E-state index in [0.29, 0.717) is 6.42 Å². The van der Waals surface area contributed by atoms with Crippen molar-refractivity contribution in [3.8, 4) is 0 Å². The molecule has 2 aromatic carbocycles. The number of fused-ring (bicyclic) bond motifs is 1. The maximum Gasteiger partial charge on any atom is 0.269 e. The lowest BCUT2D eigenvalue weighted by Crippen LogP contribution is -2.03. The van der Waals surface area contributed by atoms with Crippen LogP contribution < -0.4 is 0 Å². The number of non-ortho nitro benzene ring substituents is 1. The third-order valence-electron chi connectivity index (χ3n) is 4.08. The van der Waals surface area contributed by atoms with Gasteiger partial charge in [-0.25, -0.2) is 0 Å². The zero-order chi connectivity index (χ0) is 14.8. The summed E-state index contributed by atoms with van der Waals surface area (Å²) in [6.45, 7) is 0. The molecule has 1 aliphatic rings. The standard InChI is InChI=1S/C17H17NO3/c19-17(10-12-4-8-16(9-5-12)18(20)21)15-7-6-13-2-1-3-14(13)11-15/h4-9,11,17,19H,1-3,10H2. The zero-order valence-electron chi connectivity index (χ0n) is 11.7. The van der Waals surface area contributed by atoms with Crippen molar-refractivity contribution in [2.24, 2.45) is 0 Å². The molecule has 0 amide bonds. The number of aryl methyl sites for hydroxylation is 2. The van der Waals surface area contributed by atoms with E-state index in [1.807, 2.05) is 6.07 Å². The monoisotopic (exact) mass is 283 g/mol. The second kappa shape index (κ2) is 5.66. The highest BCUT2D eigenvalue weighted by Crippen LogP contribution is 2.27. The third kappa shape index (κ3) is 2.95. The van der Waals surface area contributed by atoms with Crippen LogP contribution in [0.5, 0.6) is 0 Å². The van der Waals surface area contributed by atoms with Gasteiger partial charge in [0.2, 0.25) is 0 Å². The van der Waals surface area contributed by atoms with Crippen molar-refractivity contribution in [2.45, 2.75) is 31.8 Å². The van der Waals surface area contributed by atoms with Gasteiger partial charge in [0.25, 0.3) is 5.69 Å². The topological polar surface area (TPSA) is 63.4 Å². The molecular weight excluding hydrogens is 266 g/mol. The fourth-order valence-corrected chi connectivity index (χ4v) is 2.89. The first-order valence-corrected chi connectivity index (χ1v) is 7.16. The second-order valence-corrected chi connectivity index (χ2v) is 5.53. The van der Waals surface area contributed by atoms with Crippen LogP contribution in [0.2, 0.25) is 0 Å². The average molecular weight is 283 g/mol. The van der Waals surface area contributed by atoms with Crippen LogP contribution in [0.1, 0.15) is 34.8 Å². The maximum atomic E-state index is 10.6. The molecule has 0 heterocycles. The van der Waals surface area contributed by atoms with Crippen LogP contribution >= 0.6 is 0 Å². The van der Waals surface area contributed by atoms with E-state index >= 15 is 0 Å². The molecule has 1 aliphatic carbocycles. The van der Waals surface area contributed by atoms with Crippen molar-refractivity contribution >= 4 is 5.69 Å². The number of rotatable bonds is 4. The van der Waals surface area contributed by atoms with Gasteiger partial charge >= 0.3 is 0 Å². The van der Waals surface area contributed by atoms with Crippen molar-refractivity contribution in [3.05, 3.63) is 74.8 Å². The van der Waals surface area contributed by atoms with E-state index < -0.39 is 11.0 Å². The molecule has 108 valence electrons. The molecular formula is C17H17NO3. The average Bonchev–Trinajstić information content (AvgIpc) is 2.95. The summed E-state index contributed by atoms with van der Waals surface area (Å²) in [6.07, 6.45) is 3.31. The lowest BCUT2D eigenvalue weighted by Gasteiger charge is -2.12. The molecule has 1 N–H and O–H groups in total.